The van der Waals surface area contributed by atoms with Gasteiger partial charge in [0.05, 0.1) is 6.21 Å². The van der Waals surface area contributed by atoms with Crippen molar-refractivity contribution in [2.75, 3.05) is 17.7 Å². The van der Waals surface area contributed by atoms with E-state index in [0.29, 0.717) is 11.4 Å². The first-order chi connectivity index (χ1) is 12.0. The Morgan fingerprint density at radius 1 is 0.960 bits per heavy atom. The summed E-state index contributed by atoms with van der Waals surface area (Å²) in [7, 11) is 1.35. The number of hydrogen-bond acceptors (Lipinski definition) is 4. The number of anilines is 2. The van der Waals surface area contributed by atoms with E-state index in [1.165, 1.54) is 13.3 Å². The van der Waals surface area contributed by atoms with Crippen LogP contribution in [0, 0.1) is 19.8 Å². The third kappa shape index (κ3) is 5.46. The predicted molar refractivity (Wildman–Crippen MR) is 98.6 cm³/mol. The number of nitrogens with zero attached hydrogens (tertiary/aromatic N) is 1. The molecule has 0 fully saturated rings. The van der Waals surface area contributed by atoms with Gasteiger partial charge in [-0.3, -0.25) is 9.59 Å². The average Bonchev–Trinajstić information content (AvgIpc) is 2.55. The van der Waals surface area contributed by atoms with Gasteiger partial charge in [0.25, 0.3) is 0 Å². The van der Waals surface area contributed by atoms with Gasteiger partial charge in [-0.15, -0.1) is 0 Å². The fourth-order valence-corrected chi connectivity index (χ4v) is 2.26. The highest BCUT2D eigenvalue weighted by atomic mass is 16.6. The molecule has 0 aromatic heterocycles. The van der Waals surface area contributed by atoms with Gasteiger partial charge in [-0.05, 0) is 49.2 Å². The van der Waals surface area contributed by atoms with Crippen LogP contribution in [-0.4, -0.2) is 25.1 Å². The summed E-state index contributed by atoms with van der Waals surface area (Å²) in [6.07, 6.45) is 1.18. The van der Waals surface area contributed by atoms with E-state index in [2.05, 4.69) is 20.6 Å². The van der Waals surface area contributed by atoms with Crippen molar-refractivity contribution in [1.82, 2.24) is 0 Å². The van der Waals surface area contributed by atoms with Gasteiger partial charge in [-0.1, -0.05) is 29.4 Å². The summed E-state index contributed by atoms with van der Waals surface area (Å²) >= 11 is 0. The van der Waals surface area contributed by atoms with Crippen LogP contribution in [0.3, 0.4) is 0 Å². The average molecular weight is 339 g/mol. The molecule has 0 bridgehead atoms. The molecule has 0 aliphatic heterocycles. The van der Waals surface area contributed by atoms with E-state index < -0.39 is 17.7 Å². The second-order valence-electron chi connectivity index (χ2n) is 5.63. The summed E-state index contributed by atoms with van der Waals surface area (Å²) in [5.74, 6) is -2.10. The first kappa shape index (κ1) is 18.2. The van der Waals surface area contributed by atoms with Crippen molar-refractivity contribution in [1.29, 1.82) is 0 Å². The largest absolute Gasteiger partial charge is 0.399 e. The molecule has 2 amide bonds. The summed E-state index contributed by atoms with van der Waals surface area (Å²) in [6, 6.07) is 14.7. The number of carbonyl (C=O) groups is 2. The van der Waals surface area contributed by atoms with E-state index in [1.54, 1.807) is 12.1 Å². The minimum Gasteiger partial charge on any atom is -0.399 e. The molecule has 0 heterocycles. The molecule has 0 radical (unpaired) electrons. The molecule has 2 aromatic rings. The van der Waals surface area contributed by atoms with Gasteiger partial charge in [0.2, 0.25) is 11.8 Å². The molecule has 2 aromatic carbocycles. The Balaban J connectivity index is 2.15. The van der Waals surface area contributed by atoms with Crippen LogP contribution >= 0.6 is 0 Å². The number of rotatable bonds is 6. The van der Waals surface area contributed by atoms with Crippen LogP contribution in [0.15, 0.2) is 53.7 Å². The van der Waals surface area contributed by atoms with Gasteiger partial charge in [-0.2, -0.15) is 0 Å². The molecule has 0 unspecified atom stereocenters. The summed E-state index contributed by atoms with van der Waals surface area (Å²) in [5, 5.41) is 9.03. The molecular formula is C19H21N3O3. The highest BCUT2D eigenvalue weighted by Crippen LogP contribution is 2.14. The second kappa shape index (κ2) is 8.63. The monoisotopic (exact) mass is 339 g/mol. The topological polar surface area (TPSA) is 79.8 Å². The van der Waals surface area contributed by atoms with Crippen molar-refractivity contribution < 1.29 is 14.4 Å². The molecular weight excluding hydrogens is 318 g/mol. The maximum Gasteiger partial charge on any atom is 0.242 e. The van der Waals surface area contributed by atoms with Crippen molar-refractivity contribution in [3.8, 4) is 0 Å². The number of benzene rings is 2. The number of carbonyl (C=O) groups excluding carboxylic acids is 2. The van der Waals surface area contributed by atoms with Crippen molar-refractivity contribution in [3.05, 3.63) is 59.7 Å². The normalized spacial score (nSPS) is 10.7. The van der Waals surface area contributed by atoms with E-state index in [9.17, 15) is 9.59 Å². The maximum absolute atomic E-state index is 12.5. The van der Waals surface area contributed by atoms with Crippen LogP contribution in [-0.2, 0) is 14.4 Å². The molecule has 0 aliphatic carbocycles. The first-order valence-electron chi connectivity index (χ1n) is 7.81. The highest BCUT2D eigenvalue weighted by molar-refractivity contribution is 6.20. The minimum atomic E-state index is -1.12. The zero-order valence-corrected chi connectivity index (χ0v) is 14.4. The Morgan fingerprint density at radius 3 is 1.84 bits per heavy atom. The number of aryl methyl sites for hydroxylation is 2. The van der Waals surface area contributed by atoms with Gasteiger partial charge in [0.1, 0.15) is 7.11 Å². The molecule has 25 heavy (non-hydrogen) atoms. The Hall–Kier alpha value is -3.15. The minimum absolute atomic E-state index is 0.489. The van der Waals surface area contributed by atoms with E-state index >= 15 is 0 Å². The van der Waals surface area contributed by atoms with E-state index in [0.717, 1.165) is 11.1 Å². The van der Waals surface area contributed by atoms with Gasteiger partial charge in [-0.25, -0.2) is 0 Å². The van der Waals surface area contributed by atoms with Crippen LogP contribution in [0.4, 0.5) is 11.4 Å². The summed E-state index contributed by atoms with van der Waals surface area (Å²) in [4.78, 5) is 29.6. The zero-order valence-electron chi connectivity index (χ0n) is 14.4. The number of nitrogens with one attached hydrogen (secondary N) is 2. The van der Waals surface area contributed by atoms with Crippen molar-refractivity contribution in [3.63, 3.8) is 0 Å². The maximum atomic E-state index is 12.5. The number of oxime groups is 1. The van der Waals surface area contributed by atoms with Crippen LogP contribution in [0.1, 0.15) is 11.1 Å². The smallest absolute Gasteiger partial charge is 0.242 e. The van der Waals surface area contributed by atoms with Gasteiger partial charge in [0.15, 0.2) is 5.92 Å². The Bertz CT molecular complexity index is 727. The Labute approximate surface area is 146 Å². The van der Waals surface area contributed by atoms with Crippen molar-refractivity contribution in [2.45, 2.75) is 13.8 Å². The zero-order chi connectivity index (χ0) is 18.2. The lowest BCUT2D eigenvalue weighted by molar-refractivity contribution is -0.126. The fourth-order valence-electron chi connectivity index (χ4n) is 2.26. The van der Waals surface area contributed by atoms with E-state index in [-0.39, 0.29) is 0 Å². The lowest BCUT2D eigenvalue weighted by Crippen LogP contribution is -2.35. The lowest BCUT2D eigenvalue weighted by atomic mass is 10.1. The van der Waals surface area contributed by atoms with Gasteiger partial charge < -0.3 is 15.5 Å². The lowest BCUT2D eigenvalue weighted by Gasteiger charge is -2.13. The standard InChI is InChI=1S/C19H21N3O3/c1-13-6-4-8-15(10-13)21-18(23)17(12-20-25-3)19(24)22-16-9-5-7-14(2)11-16/h4-12,17H,1-3H3,(H,21,23)(H,22,24)/b20-12+. The molecule has 6 nitrogen and oxygen atoms in total. The Kier molecular flexibility index (Phi) is 6.28. The van der Waals surface area contributed by atoms with E-state index in [4.69, 9.17) is 0 Å². The summed E-state index contributed by atoms with van der Waals surface area (Å²) < 4.78 is 0. The predicted octanol–water partition coefficient (Wildman–Crippen LogP) is 3.13. The third-order valence-corrected chi connectivity index (χ3v) is 3.45. The van der Waals surface area contributed by atoms with Crippen LogP contribution in [0.2, 0.25) is 0 Å². The van der Waals surface area contributed by atoms with Crippen LogP contribution in [0.5, 0.6) is 0 Å². The summed E-state index contributed by atoms with van der Waals surface area (Å²) in [5.41, 5.74) is 3.24. The summed E-state index contributed by atoms with van der Waals surface area (Å²) in [6.45, 7) is 3.84. The third-order valence-electron chi connectivity index (χ3n) is 3.45. The molecule has 0 atom stereocenters. The highest BCUT2D eigenvalue weighted by Gasteiger charge is 2.25. The van der Waals surface area contributed by atoms with Crippen LogP contribution < -0.4 is 10.6 Å². The van der Waals surface area contributed by atoms with Gasteiger partial charge >= 0.3 is 0 Å². The SMILES string of the molecule is CO/N=C/C(C(=O)Nc1cccc(C)c1)C(=O)Nc1cccc(C)c1. The molecule has 6 heteroatoms. The first-order valence-corrected chi connectivity index (χ1v) is 7.81. The molecule has 2 rings (SSSR count). The molecule has 2 N–H and O–H groups in total. The quantitative estimate of drug-likeness (QED) is 0.482. The molecule has 130 valence electrons. The molecule has 0 saturated carbocycles. The molecule has 0 spiro atoms. The fraction of sp³-hybridized carbons (Fsp3) is 0.211. The Morgan fingerprint density at radius 2 is 1.44 bits per heavy atom. The number of hydrogen-bond donors (Lipinski definition) is 2. The van der Waals surface area contributed by atoms with Gasteiger partial charge in [0, 0.05) is 11.4 Å². The van der Waals surface area contributed by atoms with Crippen LogP contribution in [0.25, 0.3) is 0 Å². The number of amides is 2. The van der Waals surface area contributed by atoms with Crippen molar-refractivity contribution >= 4 is 29.4 Å². The van der Waals surface area contributed by atoms with E-state index in [1.807, 2.05) is 50.2 Å². The molecule has 0 saturated heterocycles. The van der Waals surface area contributed by atoms with Crippen molar-refractivity contribution in [2.24, 2.45) is 11.1 Å². The molecule has 0 aliphatic rings. The second-order valence-corrected chi connectivity index (χ2v) is 5.63.